The number of rotatable bonds is 78. The third-order valence-electron chi connectivity index (χ3n) is 17.8. The Balaban J connectivity index is 5.33. The van der Waals surface area contributed by atoms with E-state index >= 15 is 0 Å². The molecule has 3 N–H and O–H groups in total. The van der Waals surface area contributed by atoms with Crippen molar-refractivity contribution in [3.63, 3.8) is 0 Å². The summed E-state index contributed by atoms with van der Waals surface area (Å²) in [6.07, 6.45) is 72.2. The van der Waals surface area contributed by atoms with Crippen LogP contribution in [0.1, 0.15) is 387 Å². The number of hydrogen-bond acceptors (Lipinski definition) is 15. The number of unbranched alkanes of at least 4 members (excludes halogenated alkanes) is 44. The highest BCUT2D eigenvalue weighted by Crippen LogP contribution is 2.45. The molecule has 0 aromatic carbocycles. The van der Waals surface area contributed by atoms with E-state index in [9.17, 15) is 43.2 Å². The fourth-order valence-electron chi connectivity index (χ4n) is 11.5. The van der Waals surface area contributed by atoms with Crippen molar-refractivity contribution in [2.75, 3.05) is 39.6 Å². The third-order valence-corrected chi connectivity index (χ3v) is 19.7. The average Bonchev–Trinajstić information content (AvgIpc) is 1.01. The van der Waals surface area contributed by atoms with Crippen LogP contribution in [0.15, 0.2) is 48.6 Å². The van der Waals surface area contributed by atoms with Crippen LogP contribution in [0, 0.1) is 0 Å². The lowest BCUT2D eigenvalue weighted by atomic mass is 10.0. The Morgan fingerprint density at radius 2 is 0.490 bits per heavy atom. The Hall–Kier alpha value is -2.98. The Kier molecular flexibility index (Phi) is 72.1. The number of carbonyl (C=O) groups is 4. The largest absolute Gasteiger partial charge is 0.472 e. The van der Waals surface area contributed by atoms with E-state index in [4.69, 9.17) is 37.0 Å². The molecule has 100 heavy (non-hydrogen) atoms. The smallest absolute Gasteiger partial charge is 0.462 e. The number of ether oxygens (including phenoxy) is 4. The highest BCUT2D eigenvalue weighted by Gasteiger charge is 2.30. The fourth-order valence-corrected chi connectivity index (χ4v) is 13.1. The van der Waals surface area contributed by atoms with Crippen LogP contribution in [0.5, 0.6) is 0 Å². The lowest BCUT2D eigenvalue weighted by molar-refractivity contribution is -0.161. The molecule has 0 saturated carbocycles. The molecule has 5 atom stereocenters. The summed E-state index contributed by atoms with van der Waals surface area (Å²) in [5, 5.41) is 10.6. The molecule has 19 heteroatoms. The number of phosphoric acid groups is 2. The van der Waals surface area contributed by atoms with Gasteiger partial charge >= 0.3 is 39.5 Å². The topological polar surface area (TPSA) is 237 Å². The lowest BCUT2D eigenvalue weighted by Gasteiger charge is -2.21. The molecule has 0 amide bonds. The summed E-state index contributed by atoms with van der Waals surface area (Å²) in [7, 11) is -9.94. The van der Waals surface area contributed by atoms with Crippen molar-refractivity contribution in [3.8, 4) is 0 Å². The number of carbonyl (C=O) groups excluding carboxylic acids is 4. The predicted octanol–water partition coefficient (Wildman–Crippen LogP) is 23.7. The minimum Gasteiger partial charge on any atom is -0.462 e. The minimum atomic E-state index is -4.97. The van der Waals surface area contributed by atoms with E-state index in [1.54, 1.807) is 0 Å². The standard InChI is InChI=1S/C81H150O17P2/c1-5-9-13-17-21-25-29-33-37-41-45-49-53-57-61-65-78(83)91-71-76(97-80(85)67-63-59-55-51-47-43-39-35-31-27-23-19-15-11-7-3)73-95-99(87,88)93-69-75(82)70-94-100(89,90)96-74-77(98-81(86)68-64-60-56-52-48-44-40-36-32-28-24-20-16-12-8-4)72-92-79(84)66-62-58-54-50-46-42-38-34-30-26-22-18-14-10-6-2/h21,25,27,31,33-34,37-38,75-77,82H,5-20,22-24,26,28-30,32,35-36,39-74H2,1-4H3,(H,87,88)(H,89,90)/b25-21-,31-27-,37-33-,38-34-/t75-,76-,77-/m1/s1. The Morgan fingerprint density at radius 3 is 0.780 bits per heavy atom. The minimum absolute atomic E-state index is 0.0918. The molecule has 0 spiro atoms. The molecule has 17 nitrogen and oxygen atoms in total. The highest BCUT2D eigenvalue weighted by molar-refractivity contribution is 7.47. The van der Waals surface area contributed by atoms with Gasteiger partial charge in [-0.25, -0.2) is 9.13 Å². The van der Waals surface area contributed by atoms with Gasteiger partial charge in [-0.1, -0.05) is 301 Å². The van der Waals surface area contributed by atoms with Crippen molar-refractivity contribution in [1.82, 2.24) is 0 Å². The molecule has 586 valence electrons. The van der Waals surface area contributed by atoms with Crippen molar-refractivity contribution < 1.29 is 80.2 Å². The summed E-state index contributed by atoms with van der Waals surface area (Å²) in [5.41, 5.74) is 0. The molecule has 0 heterocycles. The molecule has 0 radical (unpaired) electrons. The summed E-state index contributed by atoms with van der Waals surface area (Å²) in [4.78, 5) is 73.0. The maximum absolute atomic E-state index is 13.1. The van der Waals surface area contributed by atoms with Crippen LogP contribution in [0.4, 0.5) is 0 Å². The molecule has 0 bridgehead atoms. The van der Waals surface area contributed by atoms with Crippen LogP contribution in [0.3, 0.4) is 0 Å². The number of phosphoric ester groups is 2. The molecule has 0 rings (SSSR count). The van der Waals surface area contributed by atoms with Crippen molar-refractivity contribution in [3.05, 3.63) is 48.6 Å². The van der Waals surface area contributed by atoms with Crippen LogP contribution in [0.2, 0.25) is 0 Å². The van der Waals surface area contributed by atoms with Gasteiger partial charge in [-0.05, 0) is 109 Å². The molecule has 0 fully saturated rings. The zero-order valence-corrected chi connectivity index (χ0v) is 65.9. The summed E-state index contributed by atoms with van der Waals surface area (Å²) in [5.74, 6) is -2.16. The highest BCUT2D eigenvalue weighted by atomic mass is 31.2. The van der Waals surface area contributed by atoms with E-state index in [1.165, 1.54) is 148 Å². The van der Waals surface area contributed by atoms with E-state index in [0.717, 1.165) is 161 Å². The maximum Gasteiger partial charge on any atom is 0.472 e. The number of aliphatic hydroxyl groups is 1. The predicted molar refractivity (Wildman–Crippen MR) is 409 cm³/mol. The van der Waals surface area contributed by atoms with Crippen molar-refractivity contribution >= 4 is 39.5 Å². The van der Waals surface area contributed by atoms with Gasteiger partial charge in [0.1, 0.15) is 19.3 Å². The van der Waals surface area contributed by atoms with Crippen LogP contribution < -0.4 is 0 Å². The van der Waals surface area contributed by atoms with Gasteiger partial charge in [-0.3, -0.25) is 37.3 Å². The van der Waals surface area contributed by atoms with Gasteiger partial charge < -0.3 is 33.8 Å². The first-order chi connectivity index (χ1) is 48.7. The average molecular weight is 1460 g/mol. The van der Waals surface area contributed by atoms with E-state index in [1.807, 2.05) is 0 Å². The van der Waals surface area contributed by atoms with Crippen LogP contribution >= 0.6 is 15.6 Å². The second-order valence-corrected chi connectivity index (χ2v) is 30.6. The Morgan fingerprint density at radius 1 is 0.280 bits per heavy atom. The molecular formula is C81H150O17P2. The molecule has 0 aromatic rings. The van der Waals surface area contributed by atoms with Crippen LogP contribution in [0.25, 0.3) is 0 Å². The summed E-state index contributed by atoms with van der Waals surface area (Å²) < 4.78 is 68.7. The first-order valence-corrected chi connectivity index (χ1v) is 43.9. The number of aliphatic hydroxyl groups excluding tert-OH is 1. The van der Waals surface area contributed by atoms with E-state index < -0.39 is 97.5 Å². The number of hydrogen-bond donors (Lipinski definition) is 3. The number of allylic oxidation sites excluding steroid dienone is 8. The van der Waals surface area contributed by atoms with Crippen molar-refractivity contribution in [2.45, 2.75) is 406 Å². The van der Waals surface area contributed by atoms with Gasteiger partial charge in [0.05, 0.1) is 26.4 Å². The first-order valence-electron chi connectivity index (χ1n) is 40.9. The normalized spacial score (nSPS) is 14.1. The molecule has 0 aromatic heterocycles. The maximum atomic E-state index is 13.1. The van der Waals surface area contributed by atoms with Crippen molar-refractivity contribution in [2.24, 2.45) is 0 Å². The molecule has 0 saturated heterocycles. The van der Waals surface area contributed by atoms with E-state index in [0.29, 0.717) is 25.7 Å². The van der Waals surface area contributed by atoms with Gasteiger partial charge in [0.15, 0.2) is 12.2 Å². The SMILES string of the molecule is CCCCC/C=C\C/C=C\CCCCCCCC(=O)OC[C@H](COP(=O)(O)OC[C@@H](O)COP(=O)(O)OC[C@@H](COC(=O)CCCCCCC/C=C\CCCCCCCC)OC(=O)CCCCCCCCCCCCCCCCC)OC(=O)CCCCCCCCC/C=C\CCCCCC. The zero-order chi connectivity index (χ0) is 73.2. The molecular weight excluding hydrogens is 1310 g/mol. The fraction of sp³-hybridized carbons (Fsp3) is 0.852. The second kappa shape index (κ2) is 74.3. The van der Waals surface area contributed by atoms with Gasteiger partial charge in [0.25, 0.3) is 0 Å². The van der Waals surface area contributed by atoms with Gasteiger partial charge in [-0.15, -0.1) is 0 Å². The Bertz CT molecular complexity index is 2080. The third kappa shape index (κ3) is 73.3. The van der Waals surface area contributed by atoms with Crippen molar-refractivity contribution in [1.29, 1.82) is 0 Å². The summed E-state index contributed by atoms with van der Waals surface area (Å²) in [6, 6.07) is 0. The van der Waals surface area contributed by atoms with Gasteiger partial charge in [0.2, 0.25) is 0 Å². The molecule has 0 aliphatic rings. The Labute approximate surface area is 610 Å². The summed E-state index contributed by atoms with van der Waals surface area (Å²) in [6.45, 7) is 4.90. The number of esters is 4. The van der Waals surface area contributed by atoms with Gasteiger partial charge in [0, 0.05) is 25.7 Å². The molecule has 0 aliphatic heterocycles. The lowest BCUT2D eigenvalue weighted by Crippen LogP contribution is -2.30. The van der Waals surface area contributed by atoms with E-state index in [2.05, 4.69) is 76.3 Å². The van der Waals surface area contributed by atoms with Gasteiger partial charge in [-0.2, -0.15) is 0 Å². The monoisotopic (exact) mass is 1460 g/mol. The molecule has 0 aliphatic carbocycles. The zero-order valence-electron chi connectivity index (χ0n) is 64.1. The second-order valence-electron chi connectivity index (χ2n) is 27.7. The summed E-state index contributed by atoms with van der Waals surface area (Å²) >= 11 is 0. The van der Waals surface area contributed by atoms with Crippen LogP contribution in [-0.4, -0.2) is 96.7 Å². The van der Waals surface area contributed by atoms with Crippen LogP contribution in [-0.2, 0) is 65.4 Å². The quantitative estimate of drug-likeness (QED) is 0.0169. The molecule has 2 unspecified atom stereocenters. The van der Waals surface area contributed by atoms with E-state index in [-0.39, 0.29) is 25.7 Å². The first kappa shape index (κ1) is 97.0.